The number of aromatic carboxylic acids is 1. The average molecular weight is 261 g/mol. The molecule has 4 nitrogen and oxygen atoms in total. The first-order valence-electron chi connectivity index (χ1n) is 5.31. The second kappa shape index (κ2) is 4.83. The molecule has 2 rings (SSSR count). The zero-order chi connectivity index (χ0) is 13.3. The number of carboxylic acid groups (broad SMARTS) is 1. The van der Waals surface area contributed by atoms with Gasteiger partial charge in [0.1, 0.15) is 5.75 Å². The Kier molecular flexibility index (Phi) is 3.40. The fourth-order valence-electron chi connectivity index (χ4n) is 1.54. The predicted octanol–water partition coefficient (Wildman–Crippen LogP) is 2.60. The molecule has 1 saturated carbocycles. The molecule has 1 aromatic heterocycles. The summed E-state index contributed by atoms with van der Waals surface area (Å²) in [4.78, 5) is 14.4. The summed E-state index contributed by atoms with van der Waals surface area (Å²) in [5.74, 6) is -1.41. The summed E-state index contributed by atoms with van der Waals surface area (Å²) < 4.78 is 41.5. The van der Waals surface area contributed by atoms with E-state index >= 15 is 0 Å². The van der Waals surface area contributed by atoms with Crippen LogP contribution < -0.4 is 4.74 Å². The van der Waals surface area contributed by atoms with Gasteiger partial charge < -0.3 is 9.84 Å². The van der Waals surface area contributed by atoms with E-state index in [1.54, 1.807) is 0 Å². The second-order valence-corrected chi connectivity index (χ2v) is 3.99. The van der Waals surface area contributed by atoms with Crippen LogP contribution in [0.2, 0.25) is 0 Å². The molecule has 1 aromatic rings. The highest BCUT2D eigenvalue weighted by Gasteiger charge is 2.30. The molecule has 0 spiro atoms. The number of rotatable bonds is 5. The second-order valence-electron chi connectivity index (χ2n) is 3.99. The number of halogens is 3. The number of hydrogen-bond acceptors (Lipinski definition) is 3. The molecule has 0 bridgehead atoms. The van der Waals surface area contributed by atoms with Crippen molar-refractivity contribution in [2.24, 2.45) is 0 Å². The van der Waals surface area contributed by atoms with Crippen LogP contribution >= 0.6 is 0 Å². The van der Waals surface area contributed by atoms with Gasteiger partial charge >= 0.3 is 12.4 Å². The van der Waals surface area contributed by atoms with Gasteiger partial charge in [-0.25, -0.2) is 18.6 Å². The van der Waals surface area contributed by atoms with Gasteiger partial charge in [0.15, 0.2) is 5.69 Å². The summed E-state index contributed by atoms with van der Waals surface area (Å²) in [6, 6.07) is 0.977. The van der Waals surface area contributed by atoms with E-state index in [1.807, 2.05) is 0 Å². The standard InChI is InChI=1S/C11H10F3NO3/c12-9(13)10(14)18-8-3-7(11(16)17)15-4-6(8)5-1-2-5/h3-5,9-10H,1-2H2,(H,16,17). The average Bonchev–Trinajstić information content (AvgIpc) is 3.12. The molecule has 0 radical (unpaired) electrons. The Morgan fingerprint density at radius 1 is 1.44 bits per heavy atom. The highest BCUT2D eigenvalue weighted by Crippen LogP contribution is 2.44. The van der Waals surface area contributed by atoms with Crippen LogP contribution in [0.25, 0.3) is 0 Å². The Balaban J connectivity index is 2.28. The zero-order valence-corrected chi connectivity index (χ0v) is 9.15. The van der Waals surface area contributed by atoms with E-state index < -0.39 is 18.8 Å². The Morgan fingerprint density at radius 3 is 2.61 bits per heavy atom. The van der Waals surface area contributed by atoms with Crippen molar-refractivity contribution in [2.45, 2.75) is 31.5 Å². The first-order valence-corrected chi connectivity index (χ1v) is 5.31. The summed E-state index contributed by atoms with van der Waals surface area (Å²) in [5.41, 5.74) is 0.110. The highest BCUT2D eigenvalue weighted by molar-refractivity contribution is 5.85. The molecule has 1 aliphatic rings. The first-order chi connectivity index (χ1) is 8.49. The monoisotopic (exact) mass is 261 g/mol. The van der Waals surface area contributed by atoms with Gasteiger partial charge in [0.05, 0.1) is 0 Å². The fraction of sp³-hybridized carbons (Fsp3) is 0.455. The van der Waals surface area contributed by atoms with Gasteiger partial charge in [-0.15, -0.1) is 0 Å². The van der Waals surface area contributed by atoms with Crippen LogP contribution in [0.1, 0.15) is 34.8 Å². The van der Waals surface area contributed by atoms with Crippen LogP contribution in [-0.2, 0) is 0 Å². The summed E-state index contributed by atoms with van der Waals surface area (Å²) in [6.07, 6.45) is -3.15. The Bertz CT molecular complexity index is 463. The van der Waals surface area contributed by atoms with Crippen molar-refractivity contribution in [3.05, 3.63) is 23.5 Å². The minimum atomic E-state index is -3.28. The molecular formula is C11H10F3NO3. The summed E-state index contributed by atoms with van der Waals surface area (Å²) in [5, 5.41) is 8.74. The maximum atomic E-state index is 12.9. The van der Waals surface area contributed by atoms with Crippen LogP contribution in [0.4, 0.5) is 13.2 Å². The third-order valence-electron chi connectivity index (χ3n) is 2.57. The van der Waals surface area contributed by atoms with E-state index in [1.165, 1.54) is 6.20 Å². The molecule has 0 aromatic carbocycles. The van der Waals surface area contributed by atoms with E-state index in [0.29, 0.717) is 5.56 Å². The van der Waals surface area contributed by atoms with Crippen LogP contribution in [-0.4, -0.2) is 28.8 Å². The van der Waals surface area contributed by atoms with Gasteiger partial charge in [-0.2, -0.15) is 4.39 Å². The van der Waals surface area contributed by atoms with E-state index in [9.17, 15) is 18.0 Å². The van der Waals surface area contributed by atoms with Crippen molar-refractivity contribution in [3.63, 3.8) is 0 Å². The van der Waals surface area contributed by atoms with E-state index in [2.05, 4.69) is 9.72 Å². The highest BCUT2D eigenvalue weighted by atomic mass is 19.3. The number of carboxylic acids is 1. The third kappa shape index (κ3) is 2.72. The van der Waals surface area contributed by atoms with Crippen molar-refractivity contribution in [3.8, 4) is 5.75 Å². The Morgan fingerprint density at radius 2 is 2.11 bits per heavy atom. The van der Waals surface area contributed by atoms with Crippen LogP contribution in [0.3, 0.4) is 0 Å². The molecule has 98 valence electrons. The number of pyridine rings is 1. The van der Waals surface area contributed by atoms with Gasteiger partial charge in [0, 0.05) is 17.8 Å². The smallest absolute Gasteiger partial charge is 0.354 e. The van der Waals surface area contributed by atoms with Gasteiger partial charge in [0.2, 0.25) is 0 Å². The van der Waals surface area contributed by atoms with Crippen LogP contribution in [0.15, 0.2) is 12.3 Å². The SMILES string of the molecule is O=C(O)c1cc(OC(F)C(F)F)c(C2CC2)cn1. The molecule has 0 amide bonds. The van der Waals surface area contributed by atoms with Crippen LogP contribution in [0, 0.1) is 0 Å². The third-order valence-corrected chi connectivity index (χ3v) is 2.57. The Hall–Kier alpha value is -1.79. The number of carbonyl (C=O) groups is 1. The van der Waals surface area contributed by atoms with Crippen molar-refractivity contribution in [1.29, 1.82) is 0 Å². The molecule has 1 heterocycles. The van der Waals surface area contributed by atoms with Gasteiger partial charge in [-0.1, -0.05) is 0 Å². The van der Waals surface area contributed by atoms with Gasteiger partial charge in [-0.05, 0) is 18.8 Å². The van der Waals surface area contributed by atoms with Crippen molar-refractivity contribution < 1.29 is 27.8 Å². The lowest BCUT2D eigenvalue weighted by Crippen LogP contribution is -2.20. The number of ether oxygens (including phenoxy) is 1. The van der Waals surface area contributed by atoms with E-state index in [-0.39, 0.29) is 17.4 Å². The van der Waals surface area contributed by atoms with Crippen LogP contribution in [0.5, 0.6) is 5.75 Å². The summed E-state index contributed by atoms with van der Waals surface area (Å²) in [7, 11) is 0. The normalized spacial score (nSPS) is 16.7. The molecule has 0 saturated heterocycles. The molecule has 0 aliphatic heterocycles. The summed E-state index contributed by atoms with van der Waals surface area (Å²) >= 11 is 0. The molecular weight excluding hydrogens is 251 g/mol. The summed E-state index contributed by atoms with van der Waals surface area (Å²) in [6.45, 7) is 0. The topological polar surface area (TPSA) is 59.4 Å². The Labute approximate surface area is 100 Å². The predicted molar refractivity (Wildman–Crippen MR) is 54.7 cm³/mol. The maximum Gasteiger partial charge on any atom is 0.354 e. The molecule has 1 aliphatic carbocycles. The lowest BCUT2D eigenvalue weighted by atomic mass is 10.1. The molecule has 1 atom stereocenters. The van der Waals surface area contributed by atoms with E-state index in [4.69, 9.17) is 5.11 Å². The quantitative estimate of drug-likeness (QED) is 0.885. The lowest BCUT2D eigenvalue weighted by Gasteiger charge is -2.14. The fourth-order valence-corrected chi connectivity index (χ4v) is 1.54. The van der Waals surface area contributed by atoms with Gasteiger partial charge in [-0.3, -0.25) is 0 Å². The minimum absolute atomic E-state index is 0.0835. The molecule has 1 unspecified atom stereocenters. The molecule has 7 heteroatoms. The first kappa shape index (κ1) is 12.7. The molecule has 1 fully saturated rings. The van der Waals surface area contributed by atoms with Gasteiger partial charge in [0.25, 0.3) is 6.36 Å². The maximum absolute atomic E-state index is 12.9. The van der Waals surface area contributed by atoms with Crippen molar-refractivity contribution >= 4 is 5.97 Å². The molecule has 1 N–H and O–H groups in total. The minimum Gasteiger partial charge on any atom is -0.477 e. The zero-order valence-electron chi connectivity index (χ0n) is 9.15. The van der Waals surface area contributed by atoms with Crippen molar-refractivity contribution in [2.75, 3.05) is 0 Å². The number of alkyl halides is 3. The van der Waals surface area contributed by atoms with E-state index in [0.717, 1.165) is 18.9 Å². The van der Waals surface area contributed by atoms with Crippen molar-refractivity contribution in [1.82, 2.24) is 4.98 Å². The largest absolute Gasteiger partial charge is 0.477 e. The molecule has 18 heavy (non-hydrogen) atoms. The lowest BCUT2D eigenvalue weighted by molar-refractivity contribution is -0.0673. The number of aromatic nitrogens is 1. The number of nitrogens with zero attached hydrogens (tertiary/aromatic N) is 1. The number of hydrogen-bond donors (Lipinski definition) is 1.